The van der Waals surface area contributed by atoms with Gasteiger partial charge in [-0.05, 0) is 26.0 Å². The van der Waals surface area contributed by atoms with Crippen LogP contribution in [0.4, 0.5) is 18.9 Å². The average molecular weight is 492 g/mol. The van der Waals surface area contributed by atoms with Crippen molar-refractivity contribution in [3.05, 3.63) is 45.3 Å². The Morgan fingerprint density at radius 3 is 2.39 bits per heavy atom. The smallest absolute Gasteiger partial charge is 0.422 e. The standard InChI is InChI=1S/C18H19F3N4O7S/c1-11-16(12(2)32-22-11)33(29,30)24-7-5-23(6-8-24)17(26)14-9-13(31-10-18(19,20)21)3-4-15(14)25(27)28/h3-4,9H,5-8,10H2,1-2H3. The van der Waals surface area contributed by atoms with Crippen molar-refractivity contribution in [2.45, 2.75) is 24.9 Å². The number of ether oxygens (including phenoxy) is 1. The summed E-state index contributed by atoms with van der Waals surface area (Å²) in [5.41, 5.74) is -0.871. The highest BCUT2D eigenvalue weighted by Crippen LogP contribution is 2.28. The molecule has 0 saturated carbocycles. The number of nitro benzene ring substituents is 1. The van der Waals surface area contributed by atoms with Gasteiger partial charge in [0.05, 0.1) is 4.92 Å². The molecule has 1 aliphatic rings. The number of benzene rings is 1. The number of sulfonamides is 1. The number of aromatic nitrogens is 1. The van der Waals surface area contributed by atoms with E-state index in [1.165, 1.54) is 18.7 Å². The van der Waals surface area contributed by atoms with Crippen molar-refractivity contribution >= 4 is 21.6 Å². The fraction of sp³-hybridized carbons (Fsp3) is 0.444. The number of alkyl halides is 3. The van der Waals surface area contributed by atoms with Gasteiger partial charge in [-0.25, -0.2) is 8.42 Å². The number of piperazine rings is 1. The quantitative estimate of drug-likeness (QED) is 0.443. The normalized spacial score (nSPS) is 15.5. The third-order valence-electron chi connectivity index (χ3n) is 4.89. The Hall–Kier alpha value is -3.20. The van der Waals surface area contributed by atoms with E-state index in [0.717, 1.165) is 22.5 Å². The summed E-state index contributed by atoms with van der Waals surface area (Å²) >= 11 is 0. The van der Waals surface area contributed by atoms with Crippen molar-refractivity contribution in [3.8, 4) is 5.75 Å². The Morgan fingerprint density at radius 1 is 1.24 bits per heavy atom. The van der Waals surface area contributed by atoms with Crippen LogP contribution in [0.5, 0.6) is 5.75 Å². The van der Waals surface area contributed by atoms with Gasteiger partial charge in [-0.2, -0.15) is 17.5 Å². The SMILES string of the molecule is Cc1noc(C)c1S(=O)(=O)N1CCN(C(=O)c2cc(OCC(F)(F)F)ccc2[N+](=O)[O-])CC1. The number of aryl methyl sites for hydroxylation is 2. The Bertz CT molecular complexity index is 1150. The maximum Gasteiger partial charge on any atom is 0.422 e. The Labute approximate surface area is 185 Å². The second-order valence-corrected chi connectivity index (χ2v) is 9.06. The molecule has 1 aliphatic heterocycles. The Balaban J connectivity index is 1.78. The number of carbonyl (C=O) groups excluding carboxylic acids is 1. The van der Waals surface area contributed by atoms with E-state index in [2.05, 4.69) is 9.89 Å². The molecule has 180 valence electrons. The minimum Gasteiger partial charge on any atom is -0.484 e. The van der Waals surface area contributed by atoms with Gasteiger partial charge in [-0.1, -0.05) is 5.16 Å². The molecule has 0 atom stereocenters. The molecule has 1 saturated heterocycles. The third-order valence-corrected chi connectivity index (χ3v) is 7.03. The zero-order valence-corrected chi connectivity index (χ0v) is 18.3. The van der Waals surface area contributed by atoms with Gasteiger partial charge in [0.25, 0.3) is 11.6 Å². The summed E-state index contributed by atoms with van der Waals surface area (Å²) in [7, 11) is -3.94. The van der Waals surface area contributed by atoms with E-state index in [1.807, 2.05) is 0 Å². The van der Waals surface area contributed by atoms with E-state index in [1.54, 1.807) is 0 Å². The minimum absolute atomic E-state index is 0.0626. The van der Waals surface area contributed by atoms with Gasteiger partial charge < -0.3 is 14.2 Å². The molecule has 0 spiro atoms. The number of hydrogen-bond acceptors (Lipinski definition) is 8. The molecule has 0 bridgehead atoms. The molecule has 33 heavy (non-hydrogen) atoms. The first-order chi connectivity index (χ1) is 15.3. The summed E-state index contributed by atoms with van der Waals surface area (Å²) in [5.74, 6) is -1.06. The number of amides is 1. The maximum absolute atomic E-state index is 12.9. The van der Waals surface area contributed by atoms with Gasteiger partial charge in [0.2, 0.25) is 10.0 Å². The van der Waals surface area contributed by atoms with Crippen LogP contribution in [0.15, 0.2) is 27.6 Å². The highest BCUT2D eigenvalue weighted by atomic mass is 32.2. The number of nitro groups is 1. The summed E-state index contributed by atoms with van der Waals surface area (Å²) < 4.78 is 73.7. The molecular weight excluding hydrogens is 473 g/mol. The number of rotatable bonds is 6. The molecule has 3 rings (SSSR count). The molecule has 1 amide bonds. The second-order valence-electron chi connectivity index (χ2n) is 7.19. The van der Waals surface area contributed by atoms with Crippen LogP contribution in [-0.2, 0) is 10.0 Å². The number of carbonyl (C=O) groups is 1. The topological polar surface area (TPSA) is 136 Å². The van der Waals surface area contributed by atoms with Gasteiger partial charge in [0.1, 0.15) is 21.9 Å². The summed E-state index contributed by atoms with van der Waals surface area (Å²) in [6, 6.07) is 2.73. The van der Waals surface area contributed by atoms with E-state index in [4.69, 9.17) is 4.52 Å². The highest BCUT2D eigenvalue weighted by molar-refractivity contribution is 7.89. The molecule has 11 nitrogen and oxygen atoms in total. The Kier molecular flexibility index (Phi) is 6.65. The van der Waals surface area contributed by atoms with E-state index in [0.29, 0.717) is 0 Å². The van der Waals surface area contributed by atoms with Gasteiger partial charge >= 0.3 is 6.18 Å². The predicted octanol–water partition coefficient (Wildman–Crippen LogP) is 2.29. The molecule has 0 aliphatic carbocycles. The maximum atomic E-state index is 12.9. The first-order valence-corrected chi connectivity index (χ1v) is 11.0. The monoisotopic (exact) mass is 492 g/mol. The lowest BCUT2D eigenvalue weighted by Crippen LogP contribution is -2.50. The van der Waals surface area contributed by atoms with Gasteiger partial charge in [-0.15, -0.1) is 0 Å². The van der Waals surface area contributed by atoms with E-state index >= 15 is 0 Å². The summed E-state index contributed by atoms with van der Waals surface area (Å²) in [6.45, 7) is 0.928. The minimum atomic E-state index is -4.63. The first-order valence-electron chi connectivity index (χ1n) is 9.51. The van der Waals surface area contributed by atoms with Crippen LogP contribution in [0.25, 0.3) is 0 Å². The first kappa shape index (κ1) is 24.4. The molecule has 1 fully saturated rings. The van der Waals surface area contributed by atoms with Crippen LogP contribution >= 0.6 is 0 Å². The largest absolute Gasteiger partial charge is 0.484 e. The summed E-state index contributed by atoms with van der Waals surface area (Å²) in [5, 5.41) is 15.0. The van der Waals surface area contributed by atoms with Crippen LogP contribution in [0.2, 0.25) is 0 Å². The highest BCUT2D eigenvalue weighted by Gasteiger charge is 2.36. The molecule has 15 heteroatoms. The lowest BCUT2D eigenvalue weighted by atomic mass is 10.1. The van der Waals surface area contributed by atoms with Crippen LogP contribution in [0.1, 0.15) is 21.8 Å². The third kappa shape index (κ3) is 5.24. The van der Waals surface area contributed by atoms with Crippen LogP contribution in [-0.4, -0.2) is 72.6 Å². The Morgan fingerprint density at radius 2 is 1.88 bits per heavy atom. The average Bonchev–Trinajstić information content (AvgIpc) is 3.09. The van der Waals surface area contributed by atoms with Gasteiger partial charge in [-0.3, -0.25) is 14.9 Å². The van der Waals surface area contributed by atoms with Crippen molar-refractivity contribution in [1.82, 2.24) is 14.4 Å². The summed E-state index contributed by atoms with van der Waals surface area (Å²) in [4.78, 5) is 24.5. The van der Waals surface area contributed by atoms with Crippen LogP contribution < -0.4 is 4.74 Å². The van der Waals surface area contributed by atoms with E-state index in [-0.39, 0.29) is 48.3 Å². The zero-order valence-electron chi connectivity index (χ0n) is 17.5. The fourth-order valence-electron chi connectivity index (χ4n) is 3.37. The molecule has 0 radical (unpaired) electrons. The summed E-state index contributed by atoms with van der Waals surface area (Å²) in [6.07, 6.45) is -4.63. The fourth-order valence-corrected chi connectivity index (χ4v) is 5.09. The number of halogens is 3. The molecule has 2 aromatic rings. The molecule has 2 heterocycles. The van der Waals surface area contributed by atoms with Crippen molar-refractivity contribution in [2.24, 2.45) is 0 Å². The zero-order chi connectivity index (χ0) is 24.6. The number of hydrogen-bond donors (Lipinski definition) is 0. The van der Waals surface area contributed by atoms with E-state index < -0.39 is 44.9 Å². The molecule has 0 N–H and O–H groups in total. The number of nitrogens with zero attached hydrogens (tertiary/aromatic N) is 4. The second kappa shape index (κ2) is 8.97. The van der Waals surface area contributed by atoms with Crippen molar-refractivity contribution in [3.63, 3.8) is 0 Å². The van der Waals surface area contributed by atoms with E-state index in [9.17, 15) is 36.5 Å². The molecular formula is C18H19F3N4O7S. The van der Waals surface area contributed by atoms with Gasteiger partial charge in [0.15, 0.2) is 12.4 Å². The van der Waals surface area contributed by atoms with Crippen molar-refractivity contribution in [1.29, 1.82) is 0 Å². The molecule has 1 aromatic heterocycles. The molecule has 0 unspecified atom stereocenters. The lowest BCUT2D eigenvalue weighted by Gasteiger charge is -2.33. The van der Waals surface area contributed by atoms with Crippen molar-refractivity contribution < 1.29 is 40.6 Å². The lowest BCUT2D eigenvalue weighted by molar-refractivity contribution is -0.385. The van der Waals surface area contributed by atoms with Crippen LogP contribution in [0, 0.1) is 24.0 Å². The van der Waals surface area contributed by atoms with Gasteiger partial charge in [0, 0.05) is 32.2 Å². The van der Waals surface area contributed by atoms with Crippen molar-refractivity contribution in [2.75, 3.05) is 32.8 Å². The predicted molar refractivity (Wildman–Crippen MR) is 105 cm³/mol. The molecule has 1 aromatic carbocycles. The van der Waals surface area contributed by atoms with Crippen LogP contribution in [0.3, 0.4) is 0 Å².